The fourth-order valence-electron chi connectivity index (χ4n) is 4.09. The average molecular weight is 283 g/mol. The summed E-state index contributed by atoms with van der Waals surface area (Å²) in [6.45, 7) is 10.6. The van der Waals surface area contributed by atoms with Crippen LogP contribution in [0.5, 0.6) is 0 Å². The van der Waals surface area contributed by atoms with Crippen molar-refractivity contribution in [1.82, 2.24) is 10.2 Å². The Morgan fingerprint density at radius 3 is 2.15 bits per heavy atom. The molecule has 1 saturated carbocycles. The SMILES string of the molecule is CCC(CC)C(CNC1CCCCC1C(C)C)N(C)C. The molecule has 0 aromatic rings. The minimum Gasteiger partial charge on any atom is -0.312 e. The van der Waals surface area contributed by atoms with Crippen molar-refractivity contribution >= 4 is 0 Å². The Morgan fingerprint density at radius 2 is 1.65 bits per heavy atom. The Balaban J connectivity index is 2.56. The Kier molecular flexibility index (Phi) is 8.13. The summed E-state index contributed by atoms with van der Waals surface area (Å²) in [6, 6.07) is 1.43. The molecule has 0 bridgehead atoms. The van der Waals surface area contributed by atoms with Gasteiger partial charge in [-0.15, -0.1) is 0 Å². The van der Waals surface area contributed by atoms with E-state index in [0.717, 1.165) is 30.3 Å². The lowest BCUT2D eigenvalue weighted by Gasteiger charge is -2.38. The summed E-state index contributed by atoms with van der Waals surface area (Å²) in [5.74, 6) is 2.52. The van der Waals surface area contributed by atoms with Gasteiger partial charge in [-0.05, 0) is 44.7 Å². The summed E-state index contributed by atoms with van der Waals surface area (Å²) in [6.07, 6.45) is 8.24. The van der Waals surface area contributed by atoms with Gasteiger partial charge in [0.25, 0.3) is 0 Å². The van der Waals surface area contributed by atoms with Crippen molar-refractivity contribution < 1.29 is 0 Å². The molecule has 3 unspecified atom stereocenters. The van der Waals surface area contributed by atoms with Gasteiger partial charge in [0.1, 0.15) is 0 Å². The van der Waals surface area contributed by atoms with Crippen molar-refractivity contribution in [2.75, 3.05) is 20.6 Å². The third-order valence-electron chi connectivity index (χ3n) is 5.52. The maximum atomic E-state index is 3.94. The van der Waals surface area contributed by atoms with Crippen LogP contribution in [0.15, 0.2) is 0 Å². The maximum absolute atomic E-state index is 3.94. The molecule has 2 heteroatoms. The first kappa shape index (κ1) is 18.0. The van der Waals surface area contributed by atoms with E-state index in [2.05, 4.69) is 52.0 Å². The second-order valence-corrected chi connectivity index (χ2v) is 7.31. The molecule has 2 nitrogen and oxygen atoms in total. The fraction of sp³-hybridized carbons (Fsp3) is 1.00. The summed E-state index contributed by atoms with van der Waals surface area (Å²) < 4.78 is 0. The predicted molar refractivity (Wildman–Crippen MR) is 90.1 cm³/mol. The molecule has 0 aromatic carbocycles. The standard InChI is InChI=1S/C18H38N2/c1-7-15(8-2)18(20(5)6)13-19-17-12-10-9-11-16(17)14(3)4/h14-19H,7-13H2,1-6H3. The van der Waals surface area contributed by atoms with Gasteiger partial charge in [0, 0.05) is 18.6 Å². The number of nitrogens with zero attached hydrogens (tertiary/aromatic N) is 1. The van der Waals surface area contributed by atoms with Gasteiger partial charge in [0.15, 0.2) is 0 Å². The largest absolute Gasteiger partial charge is 0.312 e. The highest BCUT2D eigenvalue weighted by Gasteiger charge is 2.29. The van der Waals surface area contributed by atoms with E-state index < -0.39 is 0 Å². The Labute approximate surface area is 127 Å². The van der Waals surface area contributed by atoms with Gasteiger partial charge in [-0.1, -0.05) is 53.4 Å². The highest BCUT2D eigenvalue weighted by atomic mass is 15.1. The van der Waals surface area contributed by atoms with Gasteiger partial charge in [-0.3, -0.25) is 0 Å². The molecule has 1 aliphatic rings. The van der Waals surface area contributed by atoms with Crippen LogP contribution in [0.3, 0.4) is 0 Å². The van der Waals surface area contributed by atoms with Gasteiger partial charge in [-0.25, -0.2) is 0 Å². The first-order valence-electron chi connectivity index (χ1n) is 8.91. The fourth-order valence-corrected chi connectivity index (χ4v) is 4.09. The molecule has 0 saturated heterocycles. The van der Waals surface area contributed by atoms with Gasteiger partial charge in [-0.2, -0.15) is 0 Å². The van der Waals surface area contributed by atoms with E-state index in [1.54, 1.807) is 0 Å². The molecular weight excluding hydrogens is 244 g/mol. The van der Waals surface area contributed by atoms with Crippen LogP contribution in [0.2, 0.25) is 0 Å². The lowest BCUT2D eigenvalue weighted by Crippen LogP contribution is -2.49. The number of nitrogens with one attached hydrogen (secondary N) is 1. The summed E-state index contributed by atoms with van der Waals surface area (Å²) in [7, 11) is 4.48. The third-order valence-corrected chi connectivity index (χ3v) is 5.52. The van der Waals surface area contributed by atoms with Gasteiger partial charge in [0.2, 0.25) is 0 Å². The predicted octanol–water partition coefficient (Wildman–Crippen LogP) is 4.16. The zero-order chi connectivity index (χ0) is 15.1. The van der Waals surface area contributed by atoms with Crippen LogP contribution in [0.4, 0.5) is 0 Å². The van der Waals surface area contributed by atoms with Crippen LogP contribution < -0.4 is 5.32 Å². The van der Waals surface area contributed by atoms with E-state index in [0.29, 0.717) is 6.04 Å². The second-order valence-electron chi connectivity index (χ2n) is 7.31. The number of hydrogen-bond acceptors (Lipinski definition) is 2. The Hall–Kier alpha value is -0.0800. The van der Waals surface area contributed by atoms with Gasteiger partial charge in [0.05, 0.1) is 0 Å². The number of rotatable bonds is 8. The quantitative estimate of drug-likeness (QED) is 0.719. The summed E-state index contributed by atoms with van der Waals surface area (Å²) in [5.41, 5.74) is 0. The van der Waals surface area contributed by atoms with Crippen molar-refractivity contribution in [2.45, 2.75) is 78.3 Å². The van der Waals surface area contributed by atoms with E-state index in [4.69, 9.17) is 0 Å². The lowest BCUT2D eigenvalue weighted by molar-refractivity contribution is 0.158. The third kappa shape index (κ3) is 5.04. The molecule has 0 amide bonds. The molecule has 0 heterocycles. The normalized spacial score (nSPS) is 25.6. The monoisotopic (exact) mass is 282 g/mol. The second kappa shape index (κ2) is 9.04. The molecule has 1 fully saturated rings. The minimum atomic E-state index is 0.680. The smallest absolute Gasteiger partial charge is 0.0242 e. The molecule has 20 heavy (non-hydrogen) atoms. The van der Waals surface area contributed by atoms with Crippen molar-refractivity contribution in [3.63, 3.8) is 0 Å². The van der Waals surface area contributed by atoms with Crippen LogP contribution in [0.25, 0.3) is 0 Å². The van der Waals surface area contributed by atoms with Gasteiger partial charge >= 0.3 is 0 Å². The average Bonchev–Trinajstić information content (AvgIpc) is 2.43. The van der Waals surface area contributed by atoms with E-state index in [1.165, 1.54) is 38.5 Å². The topological polar surface area (TPSA) is 15.3 Å². The van der Waals surface area contributed by atoms with Crippen molar-refractivity contribution in [1.29, 1.82) is 0 Å². The van der Waals surface area contributed by atoms with E-state index in [9.17, 15) is 0 Å². The van der Waals surface area contributed by atoms with Crippen LogP contribution in [-0.4, -0.2) is 37.6 Å². The zero-order valence-corrected chi connectivity index (χ0v) is 14.8. The van der Waals surface area contributed by atoms with Crippen molar-refractivity contribution in [2.24, 2.45) is 17.8 Å². The molecule has 1 aliphatic carbocycles. The molecule has 0 aromatic heterocycles. The molecule has 0 radical (unpaired) electrons. The van der Waals surface area contributed by atoms with Crippen LogP contribution >= 0.6 is 0 Å². The maximum Gasteiger partial charge on any atom is 0.0242 e. The number of likely N-dealkylation sites (N-methyl/N-ethyl adjacent to an activating group) is 1. The lowest BCUT2D eigenvalue weighted by atomic mass is 9.77. The molecule has 1 rings (SSSR count). The number of hydrogen-bond donors (Lipinski definition) is 1. The van der Waals surface area contributed by atoms with Crippen molar-refractivity contribution in [3.05, 3.63) is 0 Å². The van der Waals surface area contributed by atoms with E-state index in [1.807, 2.05) is 0 Å². The summed E-state index contributed by atoms with van der Waals surface area (Å²) in [4.78, 5) is 2.43. The molecule has 0 aliphatic heterocycles. The Bertz CT molecular complexity index is 246. The Morgan fingerprint density at radius 1 is 1.05 bits per heavy atom. The van der Waals surface area contributed by atoms with Gasteiger partial charge < -0.3 is 10.2 Å². The molecule has 120 valence electrons. The van der Waals surface area contributed by atoms with Crippen molar-refractivity contribution in [3.8, 4) is 0 Å². The van der Waals surface area contributed by atoms with E-state index >= 15 is 0 Å². The first-order chi connectivity index (χ1) is 9.51. The molecule has 0 spiro atoms. The minimum absolute atomic E-state index is 0.680. The zero-order valence-electron chi connectivity index (χ0n) is 14.8. The highest BCUT2D eigenvalue weighted by Crippen LogP contribution is 2.30. The molecule has 1 N–H and O–H groups in total. The van der Waals surface area contributed by atoms with Crippen LogP contribution in [0, 0.1) is 17.8 Å². The summed E-state index contributed by atoms with van der Waals surface area (Å²) >= 11 is 0. The molecular formula is C18H38N2. The first-order valence-corrected chi connectivity index (χ1v) is 8.91. The highest BCUT2D eigenvalue weighted by molar-refractivity contribution is 4.86. The van der Waals surface area contributed by atoms with Crippen LogP contribution in [-0.2, 0) is 0 Å². The molecule has 3 atom stereocenters. The summed E-state index contributed by atoms with van der Waals surface area (Å²) in [5, 5.41) is 3.94. The van der Waals surface area contributed by atoms with E-state index in [-0.39, 0.29) is 0 Å². The van der Waals surface area contributed by atoms with Crippen LogP contribution in [0.1, 0.15) is 66.2 Å².